The number of hydrogen-bond acceptors (Lipinski definition) is 4. The molecule has 0 spiro atoms. The molecule has 2 heterocycles. The van der Waals surface area contributed by atoms with Gasteiger partial charge in [-0.2, -0.15) is 5.10 Å². The van der Waals surface area contributed by atoms with Crippen molar-refractivity contribution in [3.8, 4) is 0 Å². The van der Waals surface area contributed by atoms with Crippen LogP contribution in [0.25, 0.3) is 0 Å². The van der Waals surface area contributed by atoms with Gasteiger partial charge in [0.2, 0.25) is 0 Å². The summed E-state index contributed by atoms with van der Waals surface area (Å²) in [6.07, 6.45) is 1.13. The maximum Gasteiger partial charge on any atom is 0.153 e. The molecule has 3 aromatic rings. The number of nitrogens with zero attached hydrogens (tertiary/aromatic N) is 3. The lowest BCUT2D eigenvalue weighted by atomic mass is 10.1. The molecule has 24 heavy (non-hydrogen) atoms. The molecule has 1 aliphatic heterocycles. The number of anilines is 3. The Kier molecular flexibility index (Phi) is 3.50. The molecule has 5 heteroatoms. The summed E-state index contributed by atoms with van der Waals surface area (Å²) < 4.78 is 1.83. The standard InChI is InChI=1S/C19H20N4O/c1-13-7-9-14(10-8-13)19(24)23-12-15-11-20-22(2)18(15)21-16-5-3-4-6-17(16)23/h3-11,19,21,24H,12H2,1-2H3. The number of aliphatic hydroxyl groups excluding tert-OH is 1. The minimum atomic E-state index is -0.722. The zero-order chi connectivity index (χ0) is 16.7. The highest BCUT2D eigenvalue weighted by Gasteiger charge is 2.26. The van der Waals surface area contributed by atoms with Crippen LogP contribution < -0.4 is 10.2 Å². The monoisotopic (exact) mass is 320 g/mol. The molecule has 1 atom stereocenters. The second kappa shape index (κ2) is 5.69. The molecule has 2 aromatic carbocycles. The van der Waals surface area contributed by atoms with E-state index in [1.165, 1.54) is 5.56 Å². The molecule has 0 bridgehead atoms. The summed E-state index contributed by atoms with van der Waals surface area (Å²) in [4.78, 5) is 2.00. The van der Waals surface area contributed by atoms with Gasteiger partial charge in [0.25, 0.3) is 0 Å². The SMILES string of the molecule is Cc1ccc(C(O)N2Cc3cnn(C)c3Nc3ccccc32)cc1. The van der Waals surface area contributed by atoms with Crippen LogP contribution in [-0.4, -0.2) is 14.9 Å². The van der Waals surface area contributed by atoms with E-state index in [1.807, 2.05) is 78.3 Å². The summed E-state index contributed by atoms with van der Waals surface area (Å²) >= 11 is 0. The minimum Gasteiger partial charge on any atom is -0.369 e. The van der Waals surface area contributed by atoms with Gasteiger partial charge in [0, 0.05) is 18.2 Å². The molecule has 0 aliphatic carbocycles. The Balaban J connectivity index is 1.80. The van der Waals surface area contributed by atoms with Gasteiger partial charge in [0.05, 0.1) is 24.1 Å². The third-order valence-electron chi connectivity index (χ3n) is 4.49. The number of nitrogens with one attached hydrogen (secondary N) is 1. The van der Waals surface area contributed by atoms with Crippen LogP contribution in [0.3, 0.4) is 0 Å². The predicted molar refractivity (Wildman–Crippen MR) is 95.3 cm³/mol. The van der Waals surface area contributed by atoms with Crippen molar-refractivity contribution in [3.63, 3.8) is 0 Å². The fourth-order valence-corrected chi connectivity index (χ4v) is 3.12. The second-order valence-electron chi connectivity index (χ2n) is 6.20. The van der Waals surface area contributed by atoms with E-state index in [9.17, 15) is 5.11 Å². The fourth-order valence-electron chi connectivity index (χ4n) is 3.12. The van der Waals surface area contributed by atoms with E-state index in [0.29, 0.717) is 6.54 Å². The third-order valence-corrected chi connectivity index (χ3v) is 4.49. The first-order valence-electron chi connectivity index (χ1n) is 8.01. The van der Waals surface area contributed by atoms with Gasteiger partial charge in [-0.25, -0.2) is 0 Å². The lowest BCUT2D eigenvalue weighted by Crippen LogP contribution is -2.27. The van der Waals surface area contributed by atoms with Crippen LogP contribution in [0.4, 0.5) is 17.2 Å². The van der Waals surface area contributed by atoms with E-state index >= 15 is 0 Å². The van der Waals surface area contributed by atoms with Crippen molar-refractivity contribution in [3.05, 3.63) is 71.4 Å². The highest BCUT2D eigenvalue weighted by atomic mass is 16.3. The van der Waals surface area contributed by atoms with Gasteiger partial charge in [0.1, 0.15) is 5.82 Å². The van der Waals surface area contributed by atoms with Crippen LogP contribution in [-0.2, 0) is 13.6 Å². The maximum absolute atomic E-state index is 11.0. The van der Waals surface area contributed by atoms with Crippen molar-refractivity contribution < 1.29 is 5.11 Å². The Hall–Kier alpha value is -2.79. The van der Waals surface area contributed by atoms with E-state index in [0.717, 1.165) is 28.3 Å². The Morgan fingerprint density at radius 1 is 1.12 bits per heavy atom. The number of benzene rings is 2. The summed E-state index contributed by atoms with van der Waals surface area (Å²) in [5, 5.41) is 18.8. The van der Waals surface area contributed by atoms with Crippen molar-refractivity contribution in [1.82, 2.24) is 9.78 Å². The molecule has 1 aromatic heterocycles. The maximum atomic E-state index is 11.0. The Labute approximate surface area is 141 Å². The van der Waals surface area contributed by atoms with Gasteiger partial charge in [-0.1, -0.05) is 42.0 Å². The predicted octanol–water partition coefficient (Wildman–Crippen LogP) is 3.48. The van der Waals surface area contributed by atoms with Crippen molar-refractivity contribution in [2.45, 2.75) is 19.7 Å². The largest absolute Gasteiger partial charge is 0.369 e. The van der Waals surface area contributed by atoms with E-state index in [-0.39, 0.29) is 0 Å². The topological polar surface area (TPSA) is 53.3 Å². The molecule has 2 N–H and O–H groups in total. The fraction of sp³-hybridized carbons (Fsp3) is 0.211. The highest BCUT2D eigenvalue weighted by molar-refractivity contribution is 5.77. The molecular formula is C19H20N4O. The minimum absolute atomic E-state index is 0.586. The number of aliphatic hydroxyl groups is 1. The first-order chi connectivity index (χ1) is 11.6. The van der Waals surface area contributed by atoms with Crippen LogP contribution in [0, 0.1) is 6.92 Å². The number of rotatable bonds is 2. The molecule has 122 valence electrons. The molecule has 0 fully saturated rings. The van der Waals surface area contributed by atoms with Gasteiger partial charge in [-0.05, 0) is 19.1 Å². The summed E-state index contributed by atoms with van der Waals surface area (Å²) in [7, 11) is 1.92. The molecule has 0 amide bonds. The van der Waals surface area contributed by atoms with Crippen LogP contribution in [0.5, 0.6) is 0 Å². The van der Waals surface area contributed by atoms with E-state index in [1.54, 1.807) is 0 Å². The van der Waals surface area contributed by atoms with Crippen molar-refractivity contribution >= 4 is 17.2 Å². The number of fused-ring (bicyclic) bond motifs is 2. The average Bonchev–Trinajstić information content (AvgIpc) is 2.85. The first kappa shape index (κ1) is 14.8. The van der Waals surface area contributed by atoms with Crippen LogP contribution >= 0.6 is 0 Å². The van der Waals surface area contributed by atoms with Crippen molar-refractivity contribution in [2.75, 3.05) is 10.2 Å². The average molecular weight is 320 g/mol. The quantitative estimate of drug-likeness (QED) is 0.759. The Morgan fingerprint density at radius 3 is 2.67 bits per heavy atom. The van der Waals surface area contributed by atoms with E-state index in [4.69, 9.17) is 0 Å². The number of para-hydroxylation sites is 2. The summed E-state index contributed by atoms with van der Waals surface area (Å²) in [6.45, 7) is 2.63. The molecule has 1 aliphatic rings. The van der Waals surface area contributed by atoms with Crippen molar-refractivity contribution in [1.29, 1.82) is 0 Å². The zero-order valence-corrected chi connectivity index (χ0v) is 13.8. The first-order valence-corrected chi connectivity index (χ1v) is 8.01. The van der Waals surface area contributed by atoms with Crippen LogP contribution in [0.1, 0.15) is 22.9 Å². The molecule has 0 radical (unpaired) electrons. The number of aromatic nitrogens is 2. The van der Waals surface area contributed by atoms with Crippen molar-refractivity contribution in [2.24, 2.45) is 7.05 Å². The molecule has 1 unspecified atom stereocenters. The molecule has 0 saturated carbocycles. The zero-order valence-electron chi connectivity index (χ0n) is 13.8. The van der Waals surface area contributed by atoms with E-state index in [2.05, 4.69) is 10.4 Å². The lowest BCUT2D eigenvalue weighted by molar-refractivity contribution is 0.170. The van der Waals surface area contributed by atoms with E-state index < -0.39 is 6.23 Å². The molecule has 4 rings (SSSR count). The van der Waals surface area contributed by atoms with Gasteiger partial charge < -0.3 is 15.3 Å². The van der Waals surface area contributed by atoms with Crippen LogP contribution in [0.2, 0.25) is 0 Å². The normalized spacial score (nSPS) is 14.4. The van der Waals surface area contributed by atoms with Gasteiger partial charge in [-0.3, -0.25) is 4.68 Å². The van der Waals surface area contributed by atoms with Crippen LogP contribution in [0.15, 0.2) is 54.7 Å². The lowest BCUT2D eigenvalue weighted by Gasteiger charge is -2.30. The molecule has 5 nitrogen and oxygen atoms in total. The number of hydrogen-bond donors (Lipinski definition) is 2. The Bertz CT molecular complexity index is 869. The molecule has 0 saturated heterocycles. The third kappa shape index (κ3) is 2.43. The smallest absolute Gasteiger partial charge is 0.153 e. The summed E-state index contributed by atoms with van der Waals surface area (Å²) in [6, 6.07) is 16.0. The summed E-state index contributed by atoms with van der Waals surface area (Å²) in [5.74, 6) is 0.959. The summed E-state index contributed by atoms with van der Waals surface area (Å²) in [5.41, 5.74) is 5.05. The number of aryl methyl sites for hydroxylation is 2. The van der Waals surface area contributed by atoms with Gasteiger partial charge in [-0.15, -0.1) is 0 Å². The van der Waals surface area contributed by atoms with Gasteiger partial charge >= 0.3 is 0 Å². The molecular weight excluding hydrogens is 300 g/mol. The van der Waals surface area contributed by atoms with Gasteiger partial charge in [0.15, 0.2) is 6.23 Å². The highest BCUT2D eigenvalue weighted by Crippen LogP contribution is 2.39. The Morgan fingerprint density at radius 2 is 1.88 bits per heavy atom. The second-order valence-corrected chi connectivity index (χ2v) is 6.20.